The van der Waals surface area contributed by atoms with Crippen molar-refractivity contribution in [1.82, 2.24) is 4.31 Å². The van der Waals surface area contributed by atoms with Crippen LogP contribution in [0, 0.1) is 5.92 Å². The van der Waals surface area contributed by atoms with Gasteiger partial charge in [-0.25, -0.2) is 17.5 Å². The van der Waals surface area contributed by atoms with Crippen LogP contribution in [0.2, 0.25) is 0 Å². The number of rotatable bonds is 9. The second kappa shape index (κ2) is 11.1. The summed E-state index contributed by atoms with van der Waals surface area (Å²) in [5.41, 5.74) is 0.814. The monoisotopic (exact) mass is 473 g/mol. The number of esters is 2. The van der Waals surface area contributed by atoms with Crippen molar-refractivity contribution in [1.29, 1.82) is 0 Å². The number of carbonyl (C=O) groups excluding carboxylic acids is 2. The molecule has 0 fully saturated rings. The average molecular weight is 474 g/mol. The zero-order valence-corrected chi connectivity index (χ0v) is 19.3. The fourth-order valence-corrected chi connectivity index (χ4v) is 4.73. The van der Waals surface area contributed by atoms with E-state index in [9.17, 15) is 18.0 Å². The van der Waals surface area contributed by atoms with Gasteiger partial charge >= 0.3 is 11.9 Å². The van der Waals surface area contributed by atoms with Crippen molar-refractivity contribution in [3.63, 3.8) is 0 Å². The highest BCUT2D eigenvalue weighted by Crippen LogP contribution is 2.29. The molecule has 0 unspecified atom stereocenters. The molecule has 2 aromatic rings. The molecule has 33 heavy (non-hydrogen) atoms. The van der Waals surface area contributed by atoms with Gasteiger partial charge in [-0.2, -0.15) is 0 Å². The Bertz CT molecular complexity index is 1070. The average Bonchev–Trinajstić information content (AvgIpc) is 2.83. The van der Waals surface area contributed by atoms with Gasteiger partial charge in [0.15, 0.2) is 6.10 Å². The molecule has 1 heterocycles. The largest absolute Gasteiger partial charge is 0.466 e. The van der Waals surface area contributed by atoms with Gasteiger partial charge in [-0.05, 0) is 31.5 Å². The normalized spacial score (nSPS) is 19.0. The van der Waals surface area contributed by atoms with Crippen molar-refractivity contribution in [3.05, 3.63) is 78.5 Å². The van der Waals surface area contributed by atoms with E-state index in [0.29, 0.717) is 0 Å². The molecule has 176 valence electrons. The third kappa shape index (κ3) is 6.21. The van der Waals surface area contributed by atoms with Crippen molar-refractivity contribution < 1.29 is 32.2 Å². The summed E-state index contributed by atoms with van der Waals surface area (Å²) in [7, 11) is -3.98. The van der Waals surface area contributed by atoms with Crippen molar-refractivity contribution >= 4 is 22.0 Å². The second-order valence-electron chi connectivity index (χ2n) is 7.41. The van der Waals surface area contributed by atoms with E-state index in [0.717, 1.165) is 9.87 Å². The van der Waals surface area contributed by atoms with Crippen LogP contribution in [-0.2, 0) is 40.4 Å². The van der Waals surface area contributed by atoms with E-state index in [1.165, 1.54) is 31.3 Å². The van der Waals surface area contributed by atoms with Gasteiger partial charge in [-0.15, -0.1) is 0 Å². The third-order valence-electron chi connectivity index (χ3n) is 5.03. The number of nitrogens with zero attached hydrogens (tertiary/aromatic N) is 1. The van der Waals surface area contributed by atoms with Gasteiger partial charge in [0.1, 0.15) is 12.8 Å². The minimum absolute atomic E-state index is 0.00228. The predicted molar refractivity (Wildman–Crippen MR) is 120 cm³/mol. The van der Waals surface area contributed by atoms with Crippen LogP contribution in [0.4, 0.5) is 0 Å². The Labute approximate surface area is 193 Å². The summed E-state index contributed by atoms with van der Waals surface area (Å²) in [6, 6.07) is 17.0. The van der Waals surface area contributed by atoms with Gasteiger partial charge in [0.25, 0.3) is 10.0 Å². The molecule has 3 atom stereocenters. The Morgan fingerprint density at radius 1 is 1.03 bits per heavy atom. The van der Waals surface area contributed by atoms with Gasteiger partial charge in [0.05, 0.1) is 17.4 Å². The first-order chi connectivity index (χ1) is 15.8. The SMILES string of the molecule is CCOC(=O)[C@@H]1C=CN(S(=O)(=O)c2ccccc2)[C@H](O[C@H](C)C(=O)OCc2ccccc2)C1. The minimum atomic E-state index is -3.98. The van der Waals surface area contributed by atoms with E-state index in [-0.39, 0.29) is 24.5 Å². The number of hydrogen-bond donors (Lipinski definition) is 0. The van der Waals surface area contributed by atoms with Crippen LogP contribution < -0.4 is 0 Å². The summed E-state index contributed by atoms with van der Waals surface area (Å²) in [5.74, 6) is -1.83. The van der Waals surface area contributed by atoms with E-state index in [1.54, 1.807) is 25.1 Å². The number of ether oxygens (including phenoxy) is 3. The fraction of sp³-hybridized carbons (Fsp3) is 0.333. The lowest BCUT2D eigenvalue weighted by molar-refractivity contribution is -0.167. The first kappa shape index (κ1) is 24.5. The Balaban J connectivity index is 1.77. The maximum absolute atomic E-state index is 13.2. The molecule has 0 amide bonds. The quantitative estimate of drug-likeness (QED) is 0.516. The topological polar surface area (TPSA) is 99.2 Å². The molecule has 0 N–H and O–H groups in total. The molecule has 3 rings (SSSR count). The Morgan fingerprint density at radius 2 is 1.67 bits per heavy atom. The maximum Gasteiger partial charge on any atom is 0.335 e. The maximum atomic E-state index is 13.2. The van der Waals surface area contributed by atoms with E-state index in [1.807, 2.05) is 30.3 Å². The molecule has 0 aliphatic carbocycles. The predicted octanol–water partition coefficient (Wildman–Crippen LogP) is 3.25. The van der Waals surface area contributed by atoms with Gasteiger partial charge < -0.3 is 14.2 Å². The summed E-state index contributed by atoms with van der Waals surface area (Å²) in [6.07, 6.45) is 0.588. The zero-order valence-electron chi connectivity index (χ0n) is 18.5. The van der Waals surface area contributed by atoms with Crippen molar-refractivity contribution in [2.45, 2.75) is 44.1 Å². The van der Waals surface area contributed by atoms with Gasteiger partial charge in [0, 0.05) is 12.6 Å². The van der Waals surface area contributed by atoms with E-state index in [4.69, 9.17) is 14.2 Å². The summed E-state index contributed by atoms with van der Waals surface area (Å²) < 4.78 is 43.7. The summed E-state index contributed by atoms with van der Waals surface area (Å²) in [6.45, 7) is 3.44. The van der Waals surface area contributed by atoms with Gasteiger partial charge in [0.2, 0.25) is 0 Å². The van der Waals surface area contributed by atoms with Crippen molar-refractivity contribution in [3.8, 4) is 0 Å². The van der Waals surface area contributed by atoms with Crippen LogP contribution in [0.5, 0.6) is 0 Å². The summed E-state index contributed by atoms with van der Waals surface area (Å²) in [4.78, 5) is 24.8. The number of carbonyl (C=O) groups is 2. The van der Waals surface area contributed by atoms with Gasteiger partial charge in [-0.1, -0.05) is 54.6 Å². The van der Waals surface area contributed by atoms with E-state index < -0.39 is 40.2 Å². The Kier molecular flexibility index (Phi) is 8.24. The van der Waals surface area contributed by atoms with Gasteiger partial charge in [-0.3, -0.25) is 4.79 Å². The third-order valence-corrected chi connectivity index (χ3v) is 6.81. The molecule has 1 aliphatic heterocycles. The molecule has 2 aromatic carbocycles. The minimum Gasteiger partial charge on any atom is -0.466 e. The van der Waals surface area contributed by atoms with Crippen LogP contribution in [-0.4, -0.2) is 43.6 Å². The lowest BCUT2D eigenvalue weighted by atomic mass is 10.0. The Morgan fingerprint density at radius 3 is 2.30 bits per heavy atom. The first-order valence-electron chi connectivity index (χ1n) is 10.6. The fourth-order valence-electron chi connectivity index (χ4n) is 3.31. The zero-order chi connectivity index (χ0) is 23.8. The molecule has 0 spiro atoms. The smallest absolute Gasteiger partial charge is 0.335 e. The highest BCUT2D eigenvalue weighted by atomic mass is 32.2. The van der Waals surface area contributed by atoms with Crippen molar-refractivity contribution in [2.24, 2.45) is 5.92 Å². The number of sulfonamides is 1. The van der Waals surface area contributed by atoms with Crippen LogP contribution in [0.1, 0.15) is 25.8 Å². The summed E-state index contributed by atoms with van der Waals surface area (Å²) in [5, 5.41) is 0. The van der Waals surface area contributed by atoms with Crippen LogP contribution in [0.3, 0.4) is 0 Å². The molecular formula is C24H27NO7S. The summed E-state index contributed by atoms with van der Waals surface area (Å²) >= 11 is 0. The second-order valence-corrected chi connectivity index (χ2v) is 9.25. The molecule has 0 saturated heterocycles. The molecule has 0 radical (unpaired) electrons. The lowest BCUT2D eigenvalue weighted by Crippen LogP contribution is -2.45. The highest BCUT2D eigenvalue weighted by molar-refractivity contribution is 7.89. The molecule has 0 saturated carbocycles. The molecule has 9 heteroatoms. The number of hydrogen-bond acceptors (Lipinski definition) is 7. The molecular weight excluding hydrogens is 446 g/mol. The van der Waals surface area contributed by atoms with Crippen molar-refractivity contribution in [2.75, 3.05) is 6.61 Å². The van der Waals surface area contributed by atoms with E-state index >= 15 is 0 Å². The van der Waals surface area contributed by atoms with Crippen LogP contribution in [0.15, 0.2) is 77.8 Å². The lowest BCUT2D eigenvalue weighted by Gasteiger charge is -2.35. The molecule has 1 aliphatic rings. The standard InChI is InChI=1S/C24H27NO7S/c1-3-30-24(27)20-14-15-25(33(28,29)21-12-8-5-9-13-21)22(16-20)32-18(2)23(26)31-17-19-10-6-4-7-11-19/h4-15,18,20,22H,3,16-17H2,1-2H3/t18-,20-,22-/m1/s1. The number of benzene rings is 2. The Hall–Kier alpha value is -3.17. The highest BCUT2D eigenvalue weighted by Gasteiger charge is 2.38. The first-order valence-corrected chi connectivity index (χ1v) is 12.1. The van der Waals surface area contributed by atoms with E-state index in [2.05, 4.69) is 0 Å². The molecule has 8 nitrogen and oxygen atoms in total. The molecule has 0 aromatic heterocycles. The molecule has 0 bridgehead atoms. The van der Waals surface area contributed by atoms with Crippen LogP contribution in [0.25, 0.3) is 0 Å². The van der Waals surface area contributed by atoms with Crippen LogP contribution >= 0.6 is 0 Å².